The number of quaternary nitrogens is 1. The Morgan fingerprint density at radius 2 is 1.88 bits per heavy atom. The van der Waals surface area contributed by atoms with Crippen LogP contribution >= 0.6 is 8.03 Å². The Morgan fingerprint density at radius 1 is 1.18 bits per heavy atom. The van der Waals surface area contributed by atoms with Crippen LogP contribution in [0.2, 0.25) is 0 Å². The van der Waals surface area contributed by atoms with Crippen LogP contribution in [0, 0.1) is 0 Å². The van der Waals surface area contributed by atoms with Gasteiger partial charge < -0.3 is 9.01 Å². The Balaban J connectivity index is 3.48. The van der Waals surface area contributed by atoms with Gasteiger partial charge in [-0.05, 0) is 18.7 Å². The number of rotatable bonds is 10. The van der Waals surface area contributed by atoms with Crippen molar-refractivity contribution in [3.63, 3.8) is 0 Å². The van der Waals surface area contributed by atoms with E-state index in [0.717, 1.165) is 17.4 Å². The van der Waals surface area contributed by atoms with Crippen LogP contribution in [-0.4, -0.2) is 38.8 Å². The van der Waals surface area contributed by atoms with Gasteiger partial charge in [0.25, 0.3) is 0 Å². The minimum atomic E-state index is -1.94. The Morgan fingerprint density at radius 3 is 2.47 bits per heavy atom. The van der Waals surface area contributed by atoms with Crippen molar-refractivity contribution in [1.29, 1.82) is 0 Å². The molecule has 0 fully saturated rings. The van der Waals surface area contributed by atoms with Gasteiger partial charge in [0.05, 0.1) is 21.1 Å². The summed E-state index contributed by atoms with van der Waals surface area (Å²) in [4.78, 5) is 0. The molecule has 0 amide bonds. The zero-order valence-corrected chi connectivity index (χ0v) is 12.9. The summed E-state index contributed by atoms with van der Waals surface area (Å²) in [5, 5.41) is 0. The number of hydrogen-bond donors (Lipinski definition) is 0. The third-order valence-corrected chi connectivity index (χ3v) is 3.48. The van der Waals surface area contributed by atoms with Gasteiger partial charge in [-0.2, -0.15) is 0 Å². The van der Waals surface area contributed by atoms with E-state index in [-0.39, 0.29) is 0 Å². The summed E-state index contributed by atoms with van der Waals surface area (Å²) in [6.45, 7) is 3.67. The minimum Gasteiger partial charge on any atom is -0.329 e. The smallest absolute Gasteiger partial charge is 0.213 e. The lowest BCUT2D eigenvalue weighted by molar-refractivity contribution is -0.870. The van der Waals surface area contributed by atoms with Crippen molar-refractivity contribution in [1.82, 2.24) is 0 Å². The van der Waals surface area contributed by atoms with Crippen LogP contribution in [0.4, 0.5) is 0 Å². The minimum absolute atomic E-state index is 0.571. The molecule has 102 valence electrons. The molecule has 3 nitrogen and oxygen atoms in total. The van der Waals surface area contributed by atoms with E-state index in [9.17, 15) is 4.57 Å². The van der Waals surface area contributed by atoms with Gasteiger partial charge in [0.2, 0.25) is 8.03 Å². The van der Waals surface area contributed by atoms with E-state index in [1.807, 2.05) is 6.08 Å². The van der Waals surface area contributed by atoms with Crippen LogP contribution in [0.5, 0.6) is 0 Å². The molecule has 0 aromatic rings. The lowest BCUT2D eigenvalue weighted by atomic mass is 10.2. The van der Waals surface area contributed by atoms with Crippen molar-refractivity contribution in [2.75, 3.05) is 34.3 Å². The summed E-state index contributed by atoms with van der Waals surface area (Å²) in [6.07, 6.45) is 8.04. The van der Waals surface area contributed by atoms with Gasteiger partial charge in [0.15, 0.2) is 0 Å². The Kier molecular flexibility index (Phi) is 9.81. The number of nitrogens with zero attached hydrogens (tertiary/aromatic N) is 1. The topological polar surface area (TPSA) is 26.3 Å². The molecule has 0 aliphatic carbocycles. The monoisotopic (exact) mass is 262 g/mol. The van der Waals surface area contributed by atoms with Crippen molar-refractivity contribution in [2.45, 2.75) is 39.0 Å². The van der Waals surface area contributed by atoms with E-state index in [1.165, 1.54) is 25.7 Å². The van der Waals surface area contributed by atoms with Gasteiger partial charge in [-0.3, -0.25) is 4.57 Å². The molecule has 0 aromatic carbocycles. The molecule has 0 saturated heterocycles. The van der Waals surface area contributed by atoms with Crippen LogP contribution < -0.4 is 0 Å². The lowest BCUT2D eigenvalue weighted by Crippen LogP contribution is -2.37. The molecule has 0 aromatic heterocycles. The van der Waals surface area contributed by atoms with E-state index in [4.69, 9.17) is 4.52 Å². The number of unbranched alkanes of at least 4 members (excludes halogenated alkanes) is 4. The maximum atomic E-state index is 11.5. The van der Waals surface area contributed by atoms with E-state index >= 15 is 0 Å². The standard InChI is InChI=1S/C13H29NO2P/c1-5-6-7-8-9-10-13-17(15)16-12-11-14(2,3)4/h10,13,17H,5-9,11-12H2,1-4H3/q+1. The highest BCUT2D eigenvalue weighted by molar-refractivity contribution is 7.42. The lowest BCUT2D eigenvalue weighted by Gasteiger charge is -2.23. The zero-order valence-electron chi connectivity index (χ0n) is 11.9. The van der Waals surface area contributed by atoms with Gasteiger partial charge in [0, 0.05) is 0 Å². The third kappa shape index (κ3) is 13.8. The molecule has 1 unspecified atom stereocenters. The largest absolute Gasteiger partial charge is 0.329 e. The molecule has 0 rings (SSSR count). The highest BCUT2D eigenvalue weighted by atomic mass is 31.1. The highest BCUT2D eigenvalue weighted by Gasteiger charge is 2.06. The van der Waals surface area contributed by atoms with Gasteiger partial charge in [-0.1, -0.05) is 32.3 Å². The predicted molar refractivity (Wildman–Crippen MR) is 75.8 cm³/mol. The molecule has 0 heterocycles. The van der Waals surface area contributed by atoms with Crippen LogP contribution in [-0.2, 0) is 9.09 Å². The quantitative estimate of drug-likeness (QED) is 0.341. The van der Waals surface area contributed by atoms with Crippen LogP contribution in [0.25, 0.3) is 0 Å². The average Bonchev–Trinajstić information content (AvgIpc) is 2.21. The molecule has 0 radical (unpaired) electrons. The summed E-state index contributed by atoms with van der Waals surface area (Å²) < 4.78 is 17.6. The fraction of sp³-hybridized carbons (Fsp3) is 0.846. The molecule has 0 spiro atoms. The first-order chi connectivity index (χ1) is 7.95. The number of likely N-dealkylation sites (N-methyl/N-ethyl adjacent to an activating group) is 1. The van der Waals surface area contributed by atoms with E-state index in [2.05, 4.69) is 28.1 Å². The van der Waals surface area contributed by atoms with Crippen LogP contribution in [0.3, 0.4) is 0 Å². The van der Waals surface area contributed by atoms with E-state index in [0.29, 0.717) is 6.61 Å². The maximum absolute atomic E-state index is 11.5. The zero-order chi connectivity index (χ0) is 13.1. The average molecular weight is 262 g/mol. The van der Waals surface area contributed by atoms with E-state index < -0.39 is 8.03 Å². The second-order valence-corrected chi connectivity index (χ2v) is 6.69. The molecule has 4 heteroatoms. The highest BCUT2D eigenvalue weighted by Crippen LogP contribution is 2.24. The first-order valence-corrected chi connectivity index (χ1v) is 7.99. The number of allylic oxidation sites excluding steroid dienone is 1. The molecular formula is C13H29NO2P+. The predicted octanol–water partition coefficient (Wildman–Crippen LogP) is 3.67. The van der Waals surface area contributed by atoms with Crippen LogP contribution in [0.15, 0.2) is 11.9 Å². The second-order valence-electron chi connectivity index (χ2n) is 5.43. The Labute approximate surface area is 107 Å². The van der Waals surface area contributed by atoms with Gasteiger partial charge in [-0.25, -0.2) is 0 Å². The summed E-state index contributed by atoms with van der Waals surface area (Å²) >= 11 is 0. The van der Waals surface area contributed by atoms with Crippen molar-refractivity contribution in [3.05, 3.63) is 11.9 Å². The van der Waals surface area contributed by atoms with Crippen molar-refractivity contribution < 1.29 is 13.6 Å². The van der Waals surface area contributed by atoms with Crippen molar-refractivity contribution in [2.24, 2.45) is 0 Å². The van der Waals surface area contributed by atoms with Crippen LogP contribution in [0.1, 0.15) is 39.0 Å². The first-order valence-electron chi connectivity index (χ1n) is 6.59. The van der Waals surface area contributed by atoms with Crippen molar-refractivity contribution >= 4 is 8.03 Å². The third-order valence-electron chi connectivity index (χ3n) is 2.48. The SMILES string of the molecule is CCCCCCC=C[PH](=O)OCC[N+](C)(C)C. The van der Waals surface area contributed by atoms with Gasteiger partial charge >= 0.3 is 0 Å². The molecular weight excluding hydrogens is 233 g/mol. The normalized spacial score (nSPS) is 14.4. The summed E-state index contributed by atoms with van der Waals surface area (Å²) in [5.41, 5.74) is 0. The first kappa shape index (κ1) is 16.9. The molecule has 0 aliphatic rings. The Bertz CT molecular complexity index is 234. The fourth-order valence-corrected chi connectivity index (χ4v) is 2.08. The molecule has 0 bridgehead atoms. The van der Waals surface area contributed by atoms with Gasteiger partial charge in [-0.15, -0.1) is 0 Å². The molecule has 17 heavy (non-hydrogen) atoms. The summed E-state index contributed by atoms with van der Waals surface area (Å²) in [6, 6.07) is 0. The van der Waals surface area contributed by atoms with Gasteiger partial charge in [0.1, 0.15) is 13.2 Å². The fourth-order valence-electron chi connectivity index (χ4n) is 1.34. The number of hydrogen-bond acceptors (Lipinski definition) is 2. The summed E-state index contributed by atoms with van der Waals surface area (Å²) in [7, 11) is 4.36. The second kappa shape index (κ2) is 9.87. The Hall–Kier alpha value is -0.110. The molecule has 0 aliphatic heterocycles. The summed E-state index contributed by atoms with van der Waals surface area (Å²) in [5.74, 6) is 1.74. The molecule has 0 saturated carbocycles. The maximum Gasteiger partial charge on any atom is 0.213 e. The molecule has 0 N–H and O–H groups in total. The van der Waals surface area contributed by atoms with Crippen molar-refractivity contribution in [3.8, 4) is 0 Å². The van der Waals surface area contributed by atoms with E-state index in [1.54, 1.807) is 5.82 Å². The molecule has 1 atom stereocenters.